The maximum absolute atomic E-state index is 12.3. The number of amides is 2. The van der Waals surface area contributed by atoms with E-state index in [1.54, 1.807) is 54.6 Å². The number of nitrogens with zero attached hydrogens (tertiary/aromatic N) is 1. The fraction of sp³-hybridized carbons (Fsp3) is 0.118. The normalized spacial score (nSPS) is 14.8. The van der Waals surface area contributed by atoms with E-state index in [-0.39, 0.29) is 6.54 Å². The molecule has 2 aromatic rings. The Hall–Kier alpha value is -2.95. The summed E-state index contributed by atoms with van der Waals surface area (Å²) in [6.07, 6.45) is 0. The topological polar surface area (TPSA) is 74.7 Å². The Morgan fingerprint density at radius 2 is 1.41 bits per heavy atom. The van der Waals surface area contributed by atoms with Gasteiger partial charge in [-0.05, 0) is 17.7 Å². The van der Waals surface area contributed by atoms with Crippen LogP contribution >= 0.6 is 0 Å². The van der Waals surface area contributed by atoms with Crippen molar-refractivity contribution in [2.45, 2.75) is 5.92 Å². The third kappa shape index (κ3) is 2.26. The first-order chi connectivity index (χ1) is 10.6. The zero-order valence-corrected chi connectivity index (χ0v) is 11.6. The number of carbonyl (C=O) groups is 3. The summed E-state index contributed by atoms with van der Waals surface area (Å²) in [6, 6.07) is 15.1. The van der Waals surface area contributed by atoms with Gasteiger partial charge in [-0.1, -0.05) is 42.5 Å². The van der Waals surface area contributed by atoms with Gasteiger partial charge in [0.15, 0.2) is 0 Å². The van der Waals surface area contributed by atoms with Gasteiger partial charge in [0.1, 0.15) is 0 Å². The third-order valence-corrected chi connectivity index (χ3v) is 3.74. The molecule has 0 saturated carbocycles. The van der Waals surface area contributed by atoms with Crippen molar-refractivity contribution in [1.29, 1.82) is 0 Å². The van der Waals surface area contributed by atoms with E-state index >= 15 is 0 Å². The van der Waals surface area contributed by atoms with Crippen molar-refractivity contribution in [3.63, 3.8) is 0 Å². The third-order valence-electron chi connectivity index (χ3n) is 3.74. The largest absolute Gasteiger partial charge is 0.481 e. The lowest BCUT2D eigenvalue weighted by Crippen LogP contribution is -2.36. The summed E-state index contributed by atoms with van der Waals surface area (Å²) in [7, 11) is 0. The van der Waals surface area contributed by atoms with E-state index in [9.17, 15) is 19.5 Å². The first-order valence-corrected chi connectivity index (χ1v) is 6.82. The molecule has 2 aromatic carbocycles. The molecule has 0 fully saturated rings. The van der Waals surface area contributed by atoms with Crippen molar-refractivity contribution < 1.29 is 19.5 Å². The van der Waals surface area contributed by atoms with Crippen molar-refractivity contribution in [2.75, 3.05) is 6.54 Å². The molecule has 22 heavy (non-hydrogen) atoms. The number of hydrogen-bond acceptors (Lipinski definition) is 3. The van der Waals surface area contributed by atoms with Gasteiger partial charge in [0.25, 0.3) is 11.8 Å². The maximum Gasteiger partial charge on any atom is 0.312 e. The molecule has 0 radical (unpaired) electrons. The van der Waals surface area contributed by atoms with Crippen LogP contribution < -0.4 is 0 Å². The minimum Gasteiger partial charge on any atom is -0.481 e. The van der Waals surface area contributed by atoms with Crippen LogP contribution in [0, 0.1) is 0 Å². The average molecular weight is 295 g/mol. The first-order valence-electron chi connectivity index (χ1n) is 6.82. The summed E-state index contributed by atoms with van der Waals surface area (Å²) in [6.45, 7) is -0.175. The molecular weight excluding hydrogens is 282 g/mol. The molecule has 1 N–H and O–H groups in total. The molecular formula is C17H13NO4. The quantitative estimate of drug-likeness (QED) is 0.877. The van der Waals surface area contributed by atoms with E-state index in [0.29, 0.717) is 16.7 Å². The van der Waals surface area contributed by atoms with Crippen molar-refractivity contribution in [2.24, 2.45) is 0 Å². The molecule has 5 nitrogen and oxygen atoms in total. The number of aliphatic carboxylic acids is 1. The highest BCUT2D eigenvalue weighted by Gasteiger charge is 2.38. The summed E-state index contributed by atoms with van der Waals surface area (Å²) < 4.78 is 0. The minimum atomic E-state index is -1.07. The Morgan fingerprint density at radius 1 is 0.909 bits per heavy atom. The second kappa shape index (κ2) is 5.44. The SMILES string of the molecule is O=C(O)[C@H](CN1C(=O)c2ccccc2C1=O)c1ccccc1. The van der Waals surface area contributed by atoms with Crippen LogP contribution in [0.5, 0.6) is 0 Å². The fourth-order valence-corrected chi connectivity index (χ4v) is 2.60. The summed E-state index contributed by atoms with van der Waals surface area (Å²) in [5.41, 5.74) is 1.21. The van der Waals surface area contributed by atoms with Gasteiger partial charge in [0, 0.05) is 6.54 Å². The number of imide groups is 1. The number of hydrogen-bond donors (Lipinski definition) is 1. The van der Waals surface area contributed by atoms with Crippen LogP contribution in [-0.2, 0) is 4.79 Å². The highest BCUT2D eigenvalue weighted by Crippen LogP contribution is 2.26. The Kier molecular flexibility index (Phi) is 3.47. The van der Waals surface area contributed by atoms with E-state index in [4.69, 9.17) is 0 Å². The highest BCUT2D eigenvalue weighted by molar-refractivity contribution is 6.21. The molecule has 3 rings (SSSR count). The number of carboxylic acids is 1. The molecule has 0 aliphatic carbocycles. The lowest BCUT2D eigenvalue weighted by Gasteiger charge is -2.19. The second-order valence-corrected chi connectivity index (χ2v) is 5.07. The molecule has 0 bridgehead atoms. The molecule has 1 heterocycles. The summed E-state index contributed by atoms with van der Waals surface area (Å²) >= 11 is 0. The fourth-order valence-electron chi connectivity index (χ4n) is 2.60. The van der Waals surface area contributed by atoms with Crippen LogP contribution in [0.1, 0.15) is 32.2 Å². The van der Waals surface area contributed by atoms with Gasteiger partial charge in [0.05, 0.1) is 17.0 Å². The van der Waals surface area contributed by atoms with Gasteiger partial charge in [-0.3, -0.25) is 19.3 Å². The Bertz CT molecular complexity index is 719. The minimum absolute atomic E-state index is 0.175. The van der Waals surface area contributed by atoms with E-state index < -0.39 is 23.7 Å². The van der Waals surface area contributed by atoms with Gasteiger partial charge in [-0.2, -0.15) is 0 Å². The molecule has 0 unspecified atom stereocenters. The van der Waals surface area contributed by atoms with Crippen molar-refractivity contribution >= 4 is 17.8 Å². The van der Waals surface area contributed by atoms with Gasteiger partial charge in [-0.15, -0.1) is 0 Å². The summed E-state index contributed by atoms with van der Waals surface area (Å²) in [5.74, 6) is -2.89. The maximum atomic E-state index is 12.3. The van der Waals surface area contributed by atoms with Gasteiger partial charge >= 0.3 is 5.97 Å². The zero-order valence-electron chi connectivity index (χ0n) is 11.6. The molecule has 110 valence electrons. The Labute approximate surface area is 126 Å². The van der Waals surface area contributed by atoms with Gasteiger partial charge in [-0.25, -0.2) is 0 Å². The van der Waals surface area contributed by atoms with Gasteiger partial charge in [0.2, 0.25) is 0 Å². The van der Waals surface area contributed by atoms with E-state index in [2.05, 4.69) is 0 Å². The predicted octanol–water partition coefficient (Wildman–Crippen LogP) is 2.15. The standard InChI is InChI=1S/C17H13NO4/c19-15-12-8-4-5-9-13(12)16(20)18(15)10-14(17(21)22)11-6-2-1-3-7-11/h1-9,14H,10H2,(H,21,22)/t14-/m1/s1. The molecule has 1 aliphatic heterocycles. The number of fused-ring (bicyclic) bond motifs is 1. The highest BCUT2D eigenvalue weighted by atomic mass is 16.4. The summed E-state index contributed by atoms with van der Waals surface area (Å²) in [5, 5.41) is 9.43. The summed E-state index contributed by atoms with van der Waals surface area (Å²) in [4.78, 5) is 37.2. The molecule has 0 aromatic heterocycles. The van der Waals surface area contributed by atoms with Crippen LogP contribution in [0.15, 0.2) is 54.6 Å². The molecule has 1 atom stereocenters. The molecule has 2 amide bonds. The molecule has 1 aliphatic rings. The zero-order chi connectivity index (χ0) is 15.7. The molecule has 5 heteroatoms. The van der Waals surface area contributed by atoms with E-state index in [1.165, 1.54) is 0 Å². The first kappa shape index (κ1) is 14.0. The number of carboxylic acid groups (broad SMARTS) is 1. The monoisotopic (exact) mass is 295 g/mol. The van der Waals surface area contributed by atoms with Crippen molar-refractivity contribution in [3.8, 4) is 0 Å². The van der Waals surface area contributed by atoms with Crippen LogP contribution in [0.3, 0.4) is 0 Å². The van der Waals surface area contributed by atoms with Crippen LogP contribution in [0.4, 0.5) is 0 Å². The number of carbonyl (C=O) groups excluding carboxylic acids is 2. The molecule has 0 spiro atoms. The van der Waals surface area contributed by atoms with Crippen molar-refractivity contribution in [3.05, 3.63) is 71.3 Å². The lowest BCUT2D eigenvalue weighted by atomic mass is 9.99. The van der Waals surface area contributed by atoms with E-state index in [0.717, 1.165) is 4.90 Å². The van der Waals surface area contributed by atoms with Gasteiger partial charge < -0.3 is 5.11 Å². The average Bonchev–Trinajstić information content (AvgIpc) is 2.78. The lowest BCUT2D eigenvalue weighted by molar-refractivity contribution is -0.138. The Morgan fingerprint density at radius 3 is 1.91 bits per heavy atom. The molecule has 0 saturated heterocycles. The second-order valence-electron chi connectivity index (χ2n) is 5.07. The smallest absolute Gasteiger partial charge is 0.312 e. The van der Waals surface area contributed by atoms with Crippen molar-refractivity contribution in [1.82, 2.24) is 4.90 Å². The van der Waals surface area contributed by atoms with Crippen LogP contribution in [0.2, 0.25) is 0 Å². The number of benzene rings is 2. The number of rotatable bonds is 4. The van der Waals surface area contributed by atoms with E-state index in [1.807, 2.05) is 0 Å². The Balaban J connectivity index is 1.91. The van der Waals surface area contributed by atoms with Crippen LogP contribution in [0.25, 0.3) is 0 Å². The predicted molar refractivity (Wildman–Crippen MR) is 78.6 cm³/mol. The van der Waals surface area contributed by atoms with Crippen LogP contribution in [-0.4, -0.2) is 34.3 Å².